The zero-order valence-electron chi connectivity index (χ0n) is 13.4. The second-order valence-electron chi connectivity index (χ2n) is 5.73. The molecule has 2 aromatic rings. The van der Waals surface area contributed by atoms with Crippen LogP contribution in [0.1, 0.15) is 21.5 Å². The standard InChI is InChI=1S/C19H19N3O2/c20-13-16-2-1-3-17(12-16)19(23)21-18-6-4-15(5-7-18)14-22-8-10-24-11-9-22/h1-7,12H,8-11,14H2,(H,21,23). The van der Waals surface area contributed by atoms with E-state index in [0.29, 0.717) is 11.1 Å². The molecule has 122 valence electrons. The summed E-state index contributed by atoms with van der Waals surface area (Å²) in [6, 6.07) is 16.6. The van der Waals surface area contributed by atoms with Crippen molar-refractivity contribution in [2.45, 2.75) is 6.54 Å². The molecule has 0 spiro atoms. The Labute approximate surface area is 141 Å². The Morgan fingerprint density at radius 3 is 2.62 bits per heavy atom. The summed E-state index contributed by atoms with van der Waals surface area (Å²) in [5.41, 5.74) is 2.91. The van der Waals surface area contributed by atoms with E-state index in [1.807, 2.05) is 30.3 Å². The summed E-state index contributed by atoms with van der Waals surface area (Å²) in [6.45, 7) is 4.37. The monoisotopic (exact) mass is 321 g/mol. The van der Waals surface area contributed by atoms with Crippen LogP contribution in [0.25, 0.3) is 0 Å². The second-order valence-corrected chi connectivity index (χ2v) is 5.73. The average Bonchev–Trinajstić information content (AvgIpc) is 2.64. The molecular weight excluding hydrogens is 302 g/mol. The van der Waals surface area contributed by atoms with E-state index >= 15 is 0 Å². The summed E-state index contributed by atoms with van der Waals surface area (Å²) in [7, 11) is 0. The molecule has 2 aromatic carbocycles. The van der Waals surface area contributed by atoms with Crippen LogP contribution in [0, 0.1) is 11.3 Å². The van der Waals surface area contributed by atoms with Gasteiger partial charge in [-0.25, -0.2) is 0 Å². The minimum Gasteiger partial charge on any atom is -0.379 e. The van der Waals surface area contributed by atoms with E-state index < -0.39 is 0 Å². The number of amides is 1. The number of nitrogens with zero attached hydrogens (tertiary/aromatic N) is 2. The van der Waals surface area contributed by atoms with Gasteiger partial charge in [0.1, 0.15) is 0 Å². The van der Waals surface area contributed by atoms with Gasteiger partial charge >= 0.3 is 0 Å². The summed E-state index contributed by atoms with van der Waals surface area (Å²) in [4.78, 5) is 14.6. The molecule has 1 aliphatic rings. The number of rotatable bonds is 4. The van der Waals surface area contributed by atoms with Gasteiger partial charge in [0, 0.05) is 30.9 Å². The smallest absolute Gasteiger partial charge is 0.255 e. The zero-order chi connectivity index (χ0) is 16.8. The molecule has 3 rings (SSSR count). The maximum Gasteiger partial charge on any atom is 0.255 e. The van der Waals surface area contributed by atoms with E-state index in [1.54, 1.807) is 24.3 Å². The zero-order valence-corrected chi connectivity index (χ0v) is 13.4. The molecular formula is C19H19N3O2. The van der Waals surface area contributed by atoms with Gasteiger partial charge in [-0.15, -0.1) is 0 Å². The number of hydrogen-bond donors (Lipinski definition) is 1. The summed E-state index contributed by atoms with van der Waals surface area (Å²) < 4.78 is 5.35. The van der Waals surface area contributed by atoms with Crippen molar-refractivity contribution in [2.75, 3.05) is 31.6 Å². The predicted molar refractivity (Wildman–Crippen MR) is 91.6 cm³/mol. The number of carbonyl (C=O) groups excluding carboxylic acids is 1. The van der Waals surface area contributed by atoms with Crippen molar-refractivity contribution in [3.8, 4) is 6.07 Å². The highest BCUT2D eigenvalue weighted by Crippen LogP contribution is 2.14. The normalized spacial score (nSPS) is 14.8. The number of anilines is 1. The highest BCUT2D eigenvalue weighted by molar-refractivity contribution is 6.04. The number of hydrogen-bond acceptors (Lipinski definition) is 4. The molecule has 1 N–H and O–H groups in total. The topological polar surface area (TPSA) is 65.4 Å². The second kappa shape index (κ2) is 7.73. The van der Waals surface area contributed by atoms with Crippen molar-refractivity contribution in [2.24, 2.45) is 0 Å². The fourth-order valence-electron chi connectivity index (χ4n) is 2.64. The first kappa shape index (κ1) is 16.2. The van der Waals surface area contributed by atoms with Crippen LogP contribution in [0.5, 0.6) is 0 Å². The number of nitrogens with one attached hydrogen (secondary N) is 1. The third kappa shape index (κ3) is 4.19. The summed E-state index contributed by atoms with van der Waals surface area (Å²) >= 11 is 0. The maximum absolute atomic E-state index is 12.2. The van der Waals surface area contributed by atoms with Gasteiger partial charge in [-0.05, 0) is 35.9 Å². The largest absolute Gasteiger partial charge is 0.379 e. The van der Waals surface area contributed by atoms with E-state index in [1.165, 1.54) is 5.56 Å². The molecule has 0 bridgehead atoms. The lowest BCUT2D eigenvalue weighted by atomic mass is 10.1. The molecule has 5 nitrogen and oxygen atoms in total. The maximum atomic E-state index is 12.2. The molecule has 24 heavy (non-hydrogen) atoms. The minimum atomic E-state index is -0.215. The average molecular weight is 321 g/mol. The Bertz CT molecular complexity index is 744. The summed E-state index contributed by atoms with van der Waals surface area (Å²) in [5, 5.41) is 11.8. The number of morpholine rings is 1. The lowest BCUT2D eigenvalue weighted by molar-refractivity contribution is 0.0342. The Morgan fingerprint density at radius 1 is 1.17 bits per heavy atom. The van der Waals surface area contributed by atoms with Crippen LogP contribution in [0.2, 0.25) is 0 Å². The van der Waals surface area contributed by atoms with Crippen LogP contribution in [0.4, 0.5) is 5.69 Å². The lowest BCUT2D eigenvalue weighted by Gasteiger charge is -2.26. The first-order valence-corrected chi connectivity index (χ1v) is 7.95. The van der Waals surface area contributed by atoms with E-state index in [2.05, 4.69) is 10.2 Å². The van der Waals surface area contributed by atoms with Crippen LogP contribution in [0.15, 0.2) is 48.5 Å². The van der Waals surface area contributed by atoms with Crippen LogP contribution >= 0.6 is 0 Å². The van der Waals surface area contributed by atoms with E-state index in [-0.39, 0.29) is 5.91 Å². The lowest BCUT2D eigenvalue weighted by Crippen LogP contribution is -2.35. The van der Waals surface area contributed by atoms with Gasteiger partial charge < -0.3 is 10.1 Å². The van der Waals surface area contributed by atoms with E-state index in [0.717, 1.165) is 38.5 Å². The highest BCUT2D eigenvalue weighted by atomic mass is 16.5. The molecule has 1 heterocycles. The Balaban J connectivity index is 1.61. The van der Waals surface area contributed by atoms with Gasteiger partial charge in [0.15, 0.2) is 0 Å². The molecule has 0 aliphatic carbocycles. The van der Waals surface area contributed by atoms with Crippen LogP contribution in [-0.2, 0) is 11.3 Å². The third-order valence-corrected chi connectivity index (χ3v) is 3.98. The molecule has 5 heteroatoms. The molecule has 0 aromatic heterocycles. The third-order valence-electron chi connectivity index (χ3n) is 3.98. The van der Waals surface area contributed by atoms with Crippen LogP contribution in [-0.4, -0.2) is 37.1 Å². The fourth-order valence-corrected chi connectivity index (χ4v) is 2.64. The number of carbonyl (C=O) groups is 1. The first-order valence-electron chi connectivity index (χ1n) is 7.95. The Hall–Kier alpha value is -2.68. The van der Waals surface area contributed by atoms with Gasteiger partial charge in [-0.2, -0.15) is 5.26 Å². The molecule has 1 amide bonds. The molecule has 0 saturated carbocycles. The number of ether oxygens (including phenoxy) is 1. The van der Waals surface area contributed by atoms with Crippen LogP contribution < -0.4 is 5.32 Å². The van der Waals surface area contributed by atoms with Crippen molar-refractivity contribution >= 4 is 11.6 Å². The van der Waals surface area contributed by atoms with Crippen molar-refractivity contribution in [3.63, 3.8) is 0 Å². The summed E-state index contributed by atoms with van der Waals surface area (Å²) in [5.74, 6) is -0.215. The molecule has 1 aliphatic heterocycles. The van der Waals surface area contributed by atoms with Gasteiger partial charge in [0.25, 0.3) is 5.91 Å². The van der Waals surface area contributed by atoms with Crippen molar-refractivity contribution in [3.05, 3.63) is 65.2 Å². The quantitative estimate of drug-likeness (QED) is 0.940. The van der Waals surface area contributed by atoms with Gasteiger partial charge in [-0.1, -0.05) is 18.2 Å². The molecule has 1 saturated heterocycles. The van der Waals surface area contributed by atoms with Crippen molar-refractivity contribution in [1.82, 2.24) is 4.90 Å². The Morgan fingerprint density at radius 2 is 1.92 bits per heavy atom. The highest BCUT2D eigenvalue weighted by Gasteiger charge is 2.11. The number of nitriles is 1. The Kier molecular flexibility index (Phi) is 5.22. The van der Waals surface area contributed by atoms with Crippen LogP contribution in [0.3, 0.4) is 0 Å². The minimum absolute atomic E-state index is 0.215. The van der Waals surface area contributed by atoms with Crippen molar-refractivity contribution < 1.29 is 9.53 Å². The van der Waals surface area contributed by atoms with E-state index in [4.69, 9.17) is 10.00 Å². The van der Waals surface area contributed by atoms with Crippen molar-refractivity contribution in [1.29, 1.82) is 5.26 Å². The molecule has 1 fully saturated rings. The molecule has 0 radical (unpaired) electrons. The number of benzene rings is 2. The predicted octanol–water partition coefficient (Wildman–Crippen LogP) is 2.64. The van der Waals surface area contributed by atoms with E-state index in [9.17, 15) is 4.79 Å². The van der Waals surface area contributed by atoms with Gasteiger partial charge in [0.05, 0.1) is 24.8 Å². The molecule has 0 atom stereocenters. The summed E-state index contributed by atoms with van der Waals surface area (Å²) in [6.07, 6.45) is 0. The molecule has 0 unspecified atom stereocenters. The van der Waals surface area contributed by atoms with Gasteiger partial charge in [0.2, 0.25) is 0 Å². The fraction of sp³-hybridized carbons (Fsp3) is 0.263. The first-order chi connectivity index (χ1) is 11.7. The SMILES string of the molecule is N#Cc1cccc(C(=O)Nc2ccc(CN3CCOCC3)cc2)c1. The van der Waals surface area contributed by atoms with Gasteiger partial charge in [-0.3, -0.25) is 9.69 Å².